The second-order valence-electron chi connectivity index (χ2n) is 4.38. The number of amides is 1. The molecule has 92 valence electrons. The first kappa shape index (κ1) is 12.1. The van der Waals surface area contributed by atoms with E-state index in [-0.39, 0.29) is 5.91 Å². The summed E-state index contributed by atoms with van der Waals surface area (Å²) >= 11 is 0. The smallest absolute Gasteiger partial charge is 0.228 e. The van der Waals surface area contributed by atoms with Gasteiger partial charge < -0.3 is 10.2 Å². The number of nitrogens with zero attached hydrogens (tertiary/aromatic N) is 1. The summed E-state index contributed by atoms with van der Waals surface area (Å²) in [5, 5.41) is 3.19. The number of carbonyl (C=O) groups is 1. The number of aryl methyl sites for hydroxylation is 1. The Bertz CT molecular complexity index is 390. The summed E-state index contributed by atoms with van der Waals surface area (Å²) in [5.74, 6) is 0.234. The molecule has 3 nitrogen and oxygen atoms in total. The van der Waals surface area contributed by atoms with Crippen LogP contribution in [0.25, 0.3) is 0 Å². The van der Waals surface area contributed by atoms with Crippen LogP contribution in [0.15, 0.2) is 24.3 Å². The molecule has 17 heavy (non-hydrogen) atoms. The topological polar surface area (TPSA) is 32.3 Å². The van der Waals surface area contributed by atoms with E-state index in [1.807, 2.05) is 17.0 Å². The van der Waals surface area contributed by atoms with E-state index in [9.17, 15) is 4.79 Å². The van der Waals surface area contributed by atoms with Gasteiger partial charge in [-0.25, -0.2) is 0 Å². The van der Waals surface area contributed by atoms with E-state index >= 15 is 0 Å². The molecule has 0 spiro atoms. The Kier molecular flexibility index (Phi) is 4.15. The van der Waals surface area contributed by atoms with Gasteiger partial charge in [0.25, 0.3) is 0 Å². The molecule has 0 saturated carbocycles. The van der Waals surface area contributed by atoms with Gasteiger partial charge >= 0.3 is 0 Å². The highest BCUT2D eigenvalue weighted by molar-refractivity contribution is 5.94. The van der Waals surface area contributed by atoms with E-state index in [2.05, 4.69) is 24.4 Å². The molecule has 1 N–H and O–H groups in total. The van der Waals surface area contributed by atoms with Crippen molar-refractivity contribution in [3.05, 3.63) is 29.8 Å². The number of carbonyl (C=O) groups excluding carboxylic acids is 1. The summed E-state index contributed by atoms with van der Waals surface area (Å²) in [5.41, 5.74) is 2.41. The summed E-state index contributed by atoms with van der Waals surface area (Å²) < 4.78 is 0. The minimum absolute atomic E-state index is 0.234. The number of hydrogen-bond acceptors (Lipinski definition) is 2. The van der Waals surface area contributed by atoms with Crippen molar-refractivity contribution in [3.8, 4) is 0 Å². The van der Waals surface area contributed by atoms with Gasteiger partial charge in [0.05, 0.1) is 0 Å². The van der Waals surface area contributed by atoms with Crippen LogP contribution in [0.3, 0.4) is 0 Å². The Morgan fingerprint density at radius 2 is 2.24 bits per heavy atom. The molecular weight excluding hydrogens is 212 g/mol. The lowest BCUT2D eigenvalue weighted by Crippen LogP contribution is -2.37. The van der Waals surface area contributed by atoms with Gasteiger partial charge in [0.1, 0.15) is 0 Å². The molecule has 0 fully saturated rings. The molecule has 0 unspecified atom stereocenters. The van der Waals surface area contributed by atoms with Gasteiger partial charge in [0, 0.05) is 25.2 Å². The third-order valence-corrected chi connectivity index (χ3v) is 3.18. The molecule has 0 radical (unpaired) electrons. The maximum absolute atomic E-state index is 12.1. The highest BCUT2D eigenvalue weighted by Crippen LogP contribution is 2.26. The summed E-state index contributed by atoms with van der Waals surface area (Å²) in [6, 6.07) is 8.24. The Labute approximate surface area is 103 Å². The van der Waals surface area contributed by atoms with Gasteiger partial charge in [0.2, 0.25) is 5.91 Å². The zero-order chi connectivity index (χ0) is 12.1. The van der Waals surface area contributed by atoms with Crippen molar-refractivity contribution in [1.82, 2.24) is 5.32 Å². The third kappa shape index (κ3) is 2.86. The molecule has 1 amide bonds. The monoisotopic (exact) mass is 232 g/mol. The van der Waals surface area contributed by atoms with Crippen LogP contribution in [0.4, 0.5) is 5.69 Å². The van der Waals surface area contributed by atoms with Crippen LogP contribution in [0, 0.1) is 0 Å². The second-order valence-corrected chi connectivity index (χ2v) is 4.38. The fourth-order valence-electron chi connectivity index (χ4n) is 2.30. The van der Waals surface area contributed by atoms with Gasteiger partial charge in [-0.15, -0.1) is 0 Å². The number of para-hydroxylation sites is 1. The molecule has 0 aromatic heterocycles. The predicted octanol–water partition coefficient (Wildman–Crippen LogP) is 1.97. The first-order chi connectivity index (χ1) is 8.33. The summed E-state index contributed by atoms with van der Waals surface area (Å²) in [6.07, 6.45) is 2.75. The number of rotatable bonds is 4. The number of anilines is 1. The molecule has 3 heteroatoms. The van der Waals surface area contributed by atoms with Gasteiger partial charge in [-0.05, 0) is 31.0 Å². The molecule has 1 aliphatic rings. The molecule has 0 aliphatic carbocycles. The standard InChI is InChI=1S/C14H20N2O/c1-2-15-10-9-14(17)16-11-5-7-12-6-3-4-8-13(12)16/h3-4,6,8,15H,2,5,7,9-11H2,1H3. The van der Waals surface area contributed by atoms with Crippen molar-refractivity contribution in [2.75, 3.05) is 24.5 Å². The van der Waals surface area contributed by atoms with Crippen molar-refractivity contribution in [2.24, 2.45) is 0 Å². The van der Waals surface area contributed by atoms with Gasteiger partial charge in [0.15, 0.2) is 0 Å². The second kappa shape index (κ2) is 5.82. The predicted molar refractivity (Wildman–Crippen MR) is 70.3 cm³/mol. The maximum atomic E-state index is 12.1. The van der Waals surface area contributed by atoms with Crippen molar-refractivity contribution in [2.45, 2.75) is 26.2 Å². The highest BCUT2D eigenvalue weighted by atomic mass is 16.2. The fourth-order valence-corrected chi connectivity index (χ4v) is 2.30. The normalized spacial score (nSPS) is 14.5. The van der Waals surface area contributed by atoms with Gasteiger partial charge in [-0.2, -0.15) is 0 Å². The van der Waals surface area contributed by atoms with Gasteiger partial charge in [-0.3, -0.25) is 4.79 Å². The molecule has 1 aliphatic heterocycles. The molecule has 0 atom stereocenters. The van der Waals surface area contributed by atoms with E-state index in [0.29, 0.717) is 6.42 Å². The number of hydrogen-bond donors (Lipinski definition) is 1. The van der Waals surface area contributed by atoms with E-state index in [1.54, 1.807) is 0 Å². The minimum Gasteiger partial charge on any atom is -0.316 e. The average Bonchev–Trinajstić information content (AvgIpc) is 2.38. The van der Waals surface area contributed by atoms with Gasteiger partial charge in [-0.1, -0.05) is 25.1 Å². The van der Waals surface area contributed by atoms with Crippen molar-refractivity contribution < 1.29 is 4.79 Å². The van der Waals surface area contributed by atoms with Crippen LogP contribution in [0.1, 0.15) is 25.3 Å². The minimum atomic E-state index is 0.234. The zero-order valence-electron chi connectivity index (χ0n) is 10.4. The summed E-state index contributed by atoms with van der Waals surface area (Å²) in [7, 11) is 0. The fraction of sp³-hybridized carbons (Fsp3) is 0.500. The lowest BCUT2D eigenvalue weighted by molar-refractivity contribution is -0.118. The lowest BCUT2D eigenvalue weighted by atomic mass is 10.0. The van der Waals surface area contributed by atoms with Crippen LogP contribution in [-0.2, 0) is 11.2 Å². The van der Waals surface area contributed by atoms with Crippen molar-refractivity contribution >= 4 is 11.6 Å². The highest BCUT2D eigenvalue weighted by Gasteiger charge is 2.21. The third-order valence-electron chi connectivity index (χ3n) is 3.18. The SMILES string of the molecule is CCNCCC(=O)N1CCCc2ccccc21. The van der Waals surface area contributed by atoms with Crippen molar-refractivity contribution in [3.63, 3.8) is 0 Å². The molecule has 1 aromatic carbocycles. The van der Waals surface area contributed by atoms with Crippen molar-refractivity contribution in [1.29, 1.82) is 0 Å². The molecule has 2 rings (SSSR count). The first-order valence-corrected chi connectivity index (χ1v) is 6.42. The van der Waals surface area contributed by atoms with Crippen LogP contribution in [0.5, 0.6) is 0 Å². The van der Waals surface area contributed by atoms with Crippen LogP contribution in [-0.4, -0.2) is 25.5 Å². The number of benzene rings is 1. The molecule has 0 bridgehead atoms. The maximum Gasteiger partial charge on any atom is 0.228 e. The molecule has 0 saturated heterocycles. The number of fused-ring (bicyclic) bond motifs is 1. The molecular formula is C14H20N2O. The number of nitrogens with one attached hydrogen (secondary N) is 1. The largest absolute Gasteiger partial charge is 0.316 e. The first-order valence-electron chi connectivity index (χ1n) is 6.42. The zero-order valence-corrected chi connectivity index (χ0v) is 10.4. The van der Waals surface area contributed by atoms with E-state index in [0.717, 1.165) is 38.2 Å². The Morgan fingerprint density at radius 3 is 3.06 bits per heavy atom. The van der Waals surface area contributed by atoms with Crippen LogP contribution >= 0.6 is 0 Å². The van der Waals surface area contributed by atoms with Crippen LogP contribution < -0.4 is 10.2 Å². The molecule has 1 aromatic rings. The van der Waals surface area contributed by atoms with E-state index < -0.39 is 0 Å². The quantitative estimate of drug-likeness (QED) is 0.805. The summed E-state index contributed by atoms with van der Waals surface area (Å²) in [6.45, 7) is 4.61. The Balaban J connectivity index is 2.05. The molecule has 1 heterocycles. The van der Waals surface area contributed by atoms with Crippen LogP contribution in [0.2, 0.25) is 0 Å². The van der Waals surface area contributed by atoms with E-state index in [4.69, 9.17) is 0 Å². The Morgan fingerprint density at radius 1 is 1.41 bits per heavy atom. The van der Waals surface area contributed by atoms with E-state index in [1.165, 1.54) is 5.56 Å². The lowest BCUT2D eigenvalue weighted by Gasteiger charge is -2.29. The average molecular weight is 232 g/mol. The summed E-state index contributed by atoms with van der Waals surface area (Å²) in [4.78, 5) is 14.1. The Hall–Kier alpha value is -1.35.